The number of benzene rings is 2. The number of aliphatic hydroxyl groups excluding tert-OH is 1. The second kappa shape index (κ2) is 8.58. The highest BCUT2D eigenvalue weighted by Gasteiger charge is 2.30. The van der Waals surface area contributed by atoms with E-state index in [1.165, 1.54) is 12.1 Å². The third kappa shape index (κ3) is 5.83. The van der Waals surface area contributed by atoms with E-state index in [2.05, 4.69) is 11.9 Å². The van der Waals surface area contributed by atoms with Gasteiger partial charge in [0.15, 0.2) is 0 Å². The molecule has 134 valence electrons. The molecule has 2 aromatic carbocycles. The molecule has 0 aliphatic rings. The molecule has 0 heterocycles. The van der Waals surface area contributed by atoms with Crippen LogP contribution in [0, 0.1) is 0 Å². The van der Waals surface area contributed by atoms with Gasteiger partial charge in [-0.05, 0) is 36.2 Å². The highest BCUT2D eigenvalue weighted by atomic mass is 19.4. The quantitative estimate of drug-likeness (QED) is 0.698. The maximum absolute atomic E-state index is 12.7. The van der Waals surface area contributed by atoms with Crippen LogP contribution in [0.2, 0.25) is 0 Å². The Labute approximate surface area is 144 Å². The molecule has 0 amide bonds. The summed E-state index contributed by atoms with van der Waals surface area (Å²) in [5, 5.41) is 12.8. The molecule has 0 aromatic heterocycles. The Hall–Kier alpha value is -2.47. The molecular weight excluding hydrogens is 331 g/mol. The summed E-state index contributed by atoms with van der Waals surface area (Å²) in [7, 11) is 0. The number of aliphatic hydroxyl groups is 1. The van der Waals surface area contributed by atoms with Crippen LogP contribution in [-0.2, 0) is 12.6 Å². The predicted octanol–water partition coefficient (Wildman–Crippen LogP) is 4.29. The molecule has 0 saturated heterocycles. The van der Waals surface area contributed by atoms with E-state index in [4.69, 9.17) is 4.74 Å². The summed E-state index contributed by atoms with van der Waals surface area (Å²) in [6.07, 6.45) is -2.86. The van der Waals surface area contributed by atoms with Gasteiger partial charge in [0.1, 0.15) is 18.5 Å². The van der Waals surface area contributed by atoms with Crippen molar-refractivity contribution >= 4 is 5.69 Å². The van der Waals surface area contributed by atoms with Gasteiger partial charge in [-0.3, -0.25) is 0 Å². The molecule has 6 heteroatoms. The molecule has 1 atom stereocenters. The van der Waals surface area contributed by atoms with Crippen LogP contribution in [0.1, 0.15) is 11.1 Å². The van der Waals surface area contributed by atoms with Crippen LogP contribution in [0.4, 0.5) is 18.9 Å². The number of ether oxygens (including phenoxy) is 1. The second-order valence-corrected chi connectivity index (χ2v) is 5.52. The van der Waals surface area contributed by atoms with Gasteiger partial charge in [-0.15, -0.1) is 6.58 Å². The predicted molar refractivity (Wildman–Crippen MR) is 91.8 cm³/mol. The lowest BCUT2D eigenvalue weighted by Crippen LogP contribution is -2.26. The lowest BCUT2D eigenvalue weighted by Gasteiger charge is -2.16. The molecule has 0 bridgehead atoms. The molecule has 3 nitrogen and oxygen atoms in total. The van der Waals surface area contributed by atoms with Crippen molar-refractivity contribution in [2.45, 2.75) is 18.7 Å². The Bertz CT molecular complexity index is 701. The SMILES string of the molecule is C=CCc1ccccc1OCC(O)CNc1cccc(C(F)(F)F)c1. The molecule has 0 aliphatic carbocycles. The Kier molecular flexibility index (Phi) is 6.47. The largest absolute Gasteiger partial charge is 0.491 e. The number of anilines is 1. The zero-order valence-electron chi connectivity index (χ0n) is 13.6. The summed E-state index contributed by atoms with van der Waals surface area (Å²) in [4.78, 5) is 0. The molecule has 0 saturated carbocycles. The number of para-hydroxylation sites is 1. The van der Waals surface area contributed by atoms with Crippen molar-refractivity contribution in [3.63, 3.8) is 0 Å². The molecule has 1 unspecified atom stereocenters. The molecular formula is C19H20F3NO2. The van der Waals surface area contributed by atoms with Crippen LogP contribution >= 0.6 is 0 Å². The molecule has 2 rings (SSSR count). The standard InChI is InChI=1S/C19H20F3NO2/c1-2-6-14-7-3-4-10-18(14)25-13-17(24)12-23-16-9-5-8-15(11-16)19(20,21)22/h2-5,7-11,17,23-24H,1,6,12-13H2. The van der Waals surface area contributed by atoms with Crippen LogP contribution in [0.3, 0.4) is 0 Å². The van der Waals surface area contributed by atoms with E-state index in [9.17, 15) is 18.3 Å². The van der Waals surface area contributed by atoms with Crippen molar-refractivity contribution in [1.82, 2.24) is 0 Å². The third-order valence-electron chi connectivity index (χ3n) is 3.50. The molecule has 0 aliphatic heterocycles. The van der Waals surface area contributed by atoms with Crippen molar-refractivity contribution in [1.29, 1.82) is 0 Å². The van der Waals surface area contributed by atoms with Gasteiger partial charge < -0.3 is 15.2 Å². The first kappa shape index (κ1) is 18.9. The lowest BCUT2D eigenvalue weighted by atomic mass is 10.1. The fourth-order valence-electron chi connectivity index (χ4n) is 2.25. The number of hydrogen-bond acceptors (Lipinski definition) is 3. The average Bonchev–Trinajstić information content (AvgIpc) is 2.59. The van der Waals surface area contributed by atoms with Gasteiger partial charge in [0, 0.05) is 12.2 Å². The van der Waals surface area contributed by atoms with Crippen molar-refractivity contribution < 1.29 is 23.0 Å². The van der Waals surface area contributed by atoms with Crippen molar-refractivity contribution in [3.8, 4) is 5.75 Å². The lowest BCUT2D eigenvalue weighted by molar-refractivity contribution is -0.137. The minimum absolute atomic E-state index is 0.0279. The number of hydrogen-bond donors (Lipinski definition) is 2. The first-order chi connectivity index (χ1) is 11.9. The van der Waals surface area contributed by atoms with Gasteiger partial charge in [-0.1, -0.05) is 30.3 Å². The zero-order valence-corrected chi connectivity index (χ0v) is 13.6. The molecule has 0 fully saturated rings. The fraction of sp³-hybridized carbons (Fsp3) is 0.263. The molecule has 25 heavy (non-hydrogen) atoms. The number of halogens is 3. The summed E-state index contributed by atoms with van der Waals surface area (Å²) in [6.45, 7) is 3.79. The maximum Gasteiger partial charge on any atom is 0.416 e. The van der Waals surface area contributed by atoms with Crippen LogP contribution in [0.15, 0.2) is 61.2 Å². The van der Waals surface area contributed by atoms with E-state index < -0.39 is 17.8 Å². The minimum atomic E-state index is -4.39. The molecule has 0 spiro atoms. The maximum atomic E-state index is 12.7. The Morgan fingerprint density at radius 1 is 1.16 bits per heavy atom. The van der Waals surface area contributed by atoms with Gasteiger partial charge in [0.05, 0.1) is 5.56 Å². The van der Waals surface area contributed by atoms with E-state index in [1.54, 1.807) is 12.1 Å². The molecule has 2 aromatic rings. The van der Waals surface area contributed by atoms with Crippen molar-refractivity contribution in [2.75, 3.05) is 18.5 Å². The van der Waals surface area contributed by atoms with Crippen molar-refractivity contribution in [2.24, 2.45) is 0 Å². The Morgan fingerprint density at radius 3 is 2.64 bits per heavy atom. The first-order valence-corrected chi connectivity index (χ1v) is 7.81. The summed E-state index contributed by atoms with van der Waals surface area (Å²) >= 11 is 0. The molecule has 2 N–H and O–H groups in total. The zero-order chi connectivity index (χ0) is 18.3. The van der Waals surface area contributed by atoms with Gasteiger partial charge in [0.2, 0.25) is 0 Å². The van der Waals surface area contributed by atoms with Gasteiger partial charge in [-0.25, -0.2) is 0 Å². The van der Waals surface area contributed by atoms with E-state index in [-0.39, 0.29) is 13.2 Å². The normalized spacial score (nSPS) is 12.5. The Balaban J connectivity index is 1.87. The van der Waals surface area contributed by atoms with E-state index in [1.807, 2.05) is 18.2 Å². The highest BCUT2D eigenvalue weighted by molar-refractivity contribution is 5.46. The topological polar surface area (TPSA) is 41.5 Å². The summed E-state index contributed by atoms with van der Waals surface area (Å²) in [5.74, 6) is 0.653. The number of nitrogens with one attached hydrogen (secondary N) is 1. The monoisotopic (exact) mass is 351 g/mol. The van der Waals surface area contributed by atoms with Crippen LogP contribution in [0.25, 0.3) is 0 Å². The first-order valence-electron chi connectivity index (χ1n) is 7.81. The van der Waals surface area contributed by atoms with E-state index >= 15 is 0 Å². The average molecular weight is 351 g/mol. The van der Waals surface area contributed by atoms with Crippen LogP contribution in [0.5, 0.6) is 5.75 Å². The smallest absolute Gasteiger partial charge is 0.416 e. The highest BCUT2D eigenvalue weighted by Crippen LogP contribution is 2.30. The number of allylic oxidation sites excluding steroid dienone is 1. The fourth-order valence-corrected chi connectivity index (χ4v) is 2.25. The van der Waals surface area contributed by atoms with Crippen molar-refractivity contribution in [3.05, 3.63) is 72.3 Å². The third-order valence-corrected chi connectivity index (χ3v) is 3.50. The summed E-state index contributed by atoms with van der Waals surface area (Å²) < 4.78 is 43.6. The van der Waals surface area contributed by atoms with E-state index in [0.29, 0.717) is 17.9 Å². The van der Waals surface area contributed by atoms with E-state index in [0.717, 1.165) is 17.7 Å². The second-order valence-electron chi connectivity index (χ2n) is 5.52. The van der Waals surface area contributed by atoms with Crippen LogP contribution < -0.4 is 10.1 Å². The minimum Gasteiger partial charge on any atom is -0.491 e. The number of alkyl halides is 3. The van der Waals surface area contributed by atoms with Gasteiger partial charge >= 0.3 is 6.18 Å². The van der Waals surface area contributed by atoms with Crippen LogP contribution in [-0.4, -0.2) is 24.4 Å². The number of rotatable bonds is 8. The van der Waals surface area contributed by atoms with Gasteiger partial charge in [0.25, 0.3) is 0 Å². The Morgan fingerprint density at radius 2 is 1.92 bits per heavy atom. The summed E-state index contributed by atoms with van der Waals surface area (Å²) in [5.41, 5.74) is 0.512. The molecule has 0 radical (unpaired) electrons. The van der Waals surface area contributed by atoms with Gasteiger partial charge in [-0.2, -0.15) is 13.2 Å². The summed E-state index contributed by atoms with van der Waals surface area (Å²) in [6, 6.07) is 12.3.